The Kier molecular flexibility index (Phi) is 20.6. The number of nitrogens with zero attached hydrogens (tertiary/aromatic N) is 2. The van der Waals surface area contributed by atoms with Gasteiger partial charge in [0, 0.05) is 104 Å². The zero-order valence-electron chi connectivity index (χ0n) is 20.9. The predicted octanol–water partition coefficient (Wildman–Crippen LogP) is -4.59. The van der Waals surface area contributed by atoms with E-state index in [0.717, 1.165) is 0 Å². The highest BCUT2D eigenvalue weighted by molar-refractivity contribution is 5.77. The molecule has 0 rings (SSSR count). The van der Waals surface area contributed by atoms with Crippen LogP contribution in [0.5, 0.6) is 0 Å². The summed E-state index contributed by atoms with van der Waals surface area (Å²) in [5.74, 6) is -0.548. The van der Waals surface area contributed by atoms with Gasteiger partial charge >= 0.3 is 0 Å². The standard InChI is InChI=1S/C21H46N10O4/c22-5-9-26-18(32)1-13-30(14-2-19(33)27-10-6-23)17-31(15-3-20(34)28-11-7-24)16-4-21(35)29-12-8-25/h1-17,22-25H2,(H,26,32)(H,27,33)(H,28,34)(H,29,35). The fourth-order valence-electron chi connectivity index (χ4n) is 3.03. The Morgan fingerprint density at radius 2 is 0.686 bits per heavy atom. The summed E-state index contributed by atoms with van der Waals surface area (Å²) in [4.78, 5) is 52.2. The van der Waals surface area contributed by atoms with Crippen LogP contribution in [0.3, 0.4) is 0 Å². The number of amides is 4. The molecule has 0 saturated carbocycles. The first kappa shape index (κ1) is 32.6. The molecule has 0 saturated heterocycles. The lowest BCUT2D eigenvalue weighted by Crippen LogP contribution is -2.44. The van der Waals surface area contributed by atoms with Crippen LogP contribution in [0, 0.1) is 0 Å². The van der Waals surface area contributed by atoms with E-state index in [9.17, 15) is 19.2 Å². The van der Waals surface area contributed by atoms with E-state index in [1.165, 1.54) is 0 Å². The van der Waals surface area contributed by atoms with Gasteiger partial charge in [0.25, 0.3) is 0 Å². The molecule has 0 radical (unpaired) electrons. The minimum atomic E-state index is -0.137. The van der Waals surface area contributed by atoms with Crippen molar-refractivity contribution in [3.8, 4) is 0 Å². The highest BCUT2D eigenvalue weighted by atomic mass is 16.2. The van der Waals surface area contributed by atoms with Crippen molar-refractivity contribution in [1.29, 1.82) is 0 Å². The number of rotatable bonds is 22. The van der Waals surface area contributed by atoms with E-state index in [1.807, 2.05) is 9.80 Å². The first-order chi connectivity index (χ1) is 16.9. The second-order valence-corrected chi connectivity index (χ2v) is 7.93. The van der Waals surface area contributed by atoms with Crippen molar-refractivity contribution in [1.82, 2.24) is 31.1 Å². The van der Waals surface area contributed by atoms with Crippen molar-refractivity contribution in [3.05, 3.63) is 0 Å². The molecule has 0 aromatic rings. The molecule has 12 N–H and O–H groups in total. The number of carbonyl (C=O) groups excluding carboxylic acids is 4. The average molecular weight is 503 g/mol. The van der Waals surface area contributed by atoms with Crippen LogP contribution in [0.25, 0.3) is 0 Å². The second kappa shape index (κ2) is 22.1. The van der Waals surface area contributed by atoms with Gasteiger partial charge in [-0.1, -0.05) is 0 Å². The van der Waals surface area contributed by atoms with Crippen LogP contribution in [0.2, 0.25) is 0 Å². The Bertz CT molecular complexity index is 511. The number of hydrogen-bond acceptors (Lipinski definition) is 10. The second-order valence-electron chi connectivity index (χ2n) is 7.93. The summed E-state index contributed by atoms with van der Waals surface area (Å²) in [6.45, 7) is 4.94. The van der Waals surface area contributed by atoms with Crippen LogP contribution >= 0.6 is 0 Å². The van der Waals surface area contributed by atoms with Gasteiger partial charge in [0.15, 0.2) is 0 Å². The number of carbonyl (C=O) groups is 4. The van der Waals surface area contributed by atoms with Gasteiger partial charge in [-0.05, 0) is 0 Å². The van der Waals surface area contributed by atoms with E-state index >= 15 is 0 Å². The van der Waals surface area contributed by atoms with Crippen LogP contribution in [0.4, 0.5) is 0 Å². The van der Waals surface area contributed by atoms with Gasteiger partial charge in [0.1, 0.15) is 0 Å². The molecule has 0 aliphatic carbocycles. The fraction of sp³-hybridized carbons (Fsp3) is 0.810. The van der Waals surface area contributed by atoms with E-state index in [2.05, 4.69) is 21.3 Å². The Labute approximate surface area is 208 Å². The molecule has 14 nitrogen and oxygen atoms in total. The quantitative estimate of drug-likeness (QED) is 0.0661. The summed E-state index contributed by atoms with van der Waals surface area (Å²) in [5.41, 5.74) is 21.7. The Hall–Kier alpha value is -2.36. The van der Waals surface area contributed by atoms with Crippen molar-refractivity contribution >= 4 is 23.6 Å². The lowest BCUT2D eigenvalue weighted by atomic mass is 10.3. The third-order valence-electron chi connectivity index (χ3n) is 4.89. The number of nitrogens with two attached hydrogens (primary N) is 4. The summed E-state index contributed by atoms with van der Waals surface area (Å²) in [5, 5.41) is 10.9. The van der Waals surface area contributed by atoms with Gasteiger partial charge < -0.3 is 44.2 Å². The molecule has 0 fully saturated rings. The van der Waals surface area contributed by atoms with Crippen molar-refractivity contribution in [3.63, 3.8) is 0 Å². The highest BCUT2D eigenvalue weighted by Gasteiger charge is 2.17. The zero-order valence-corrected chi connectivity index (χ0v) is 20.9. The SMILES string of the molecule is NCCNC(=O)CCN(CCC(=O)NCCN)CN(CCC(=O)NCCN)CCC(=O)NCCN. The minimum absolute atomic E-state index is 0.137. The van der Waals surface area contributed by atoms with E-state index in [-0.39, 0.29) is 49.3 Å². The maximum Gasteiger partial charge on any atom is 0.221 e. The van der Waals surface area contributed by atoms with E-state index in [1.54, 1.807) is 0 Å². The Morgan fingerprint density at radius 1 is 0.457 bits per heavy atom. The minimum Gasteiger partial charge on any atom is -0.355 e. The van der Waals surface area contributed by atoms with Crippen molar-refractivity contribution in [2.75, 3.05) is 85.2 Å². The lowest BCUT2D eigenvalue weighted by Gasteiger charge is -2.30. The normalized spacial score (nSPS) is 10.9. The monoisotopic (exact) mass is 502 g/mol. The van der Waals surface area contributed by atoms with Crippen molar-refractivity contribution in [2.45, 2.75) is 25.7 Å². The molecule has 0 bridgehead atoms. The molecule has 0 aliphatic rings. The molecule has 0 aromatic heterocycles. The lowest BCUT2D eigenvalue weighted by molar-refractivity contribution is -0.122. The van der Waals surface area contributed by atoms with Crippen LogP contribution in [-0.2, 0) is 19.2 Å². The molecule has 0 atom stereocenters. The maximum atomic E-state index is 12.1. The maximum absolute atomic E-state index is 12.1. The first-order valence-electron chi connectivity index (χ1n) is 12.2. The van der Waals surface area contributed by atoms with Crippen molar-refractivity contribution < 1.29 is 19.2 Å². The van der Waals surface area contributed by atoms with E-state index in [4.69, 9.17) is 22.9 Å². The third-order valence-corrected chi connectivity index (χ3v) is 4.89. The Balaban J connectivity index is 5.13. The van der Waals surface area contributed by atoms with Gasteiger partial charge in [-0.2, -0.15) is 0 Å². The molecule has 0 spiro atoms. The average Bonchev–Trinajstić information content (AvgIpc) is 2.86. The molecule has 0 aromatic carbocycles. The van der Waals surface area contributed by atoms with Gasteiger partial charge in [-0.25, -0.2) is 0 Å². The van der Waals surface area contributed by atoms with Gasteiger partial charge in [-0.15, -0.1) is 0 Å². The fourth-order valence-corrected chi connectivity index (χ4v) is 3.03. The van der Waals surface area contributed by atoms with E-state index in [0.29, 0.717) is 85.2 Å². The molecule has 4 amide bonds. The van der Waals surface area contributed by atoms with Gasteiger partial charge in [-0.3, -0.25) is 29.0 Å². The van der Waals surface area contributed by atoms with Crippen LogP contribution in [-0.4, -0.2) is 119 Å². The van der Waals surface area contributed by atoms with Crippen molar-refractivity contribution in [2.24, 2.45) is 22.9 Å². The van der Waals surface area contributed by atoms with Crippen LogP contribution < -0.4 is 44.2 Å². The topological polar surface area (TPSA) is 227 Å². The summed E-state index contributed by atoms with van der Waals surface area (Å²) >= 11 is 0. The van der Waals surface area contributed by atoms with Crippen LogP contribution in [0.15, 0.2) is 0 Å². The first-order valence-corrected chi connectivity index (χ1v) is 12.2. The Morgan fingerprint density at radius 3 is 0.886 bits per heavy atom. The molecule has 14 heteroatoms. The molecule has 0 unspecified atom stereocenters. The van der Waals surface area contributed by atoms with Crippen LogP contribution in [0.1, 0.15) is 25.7 Å². The molecule has 0 heterocycles. The molecular weight excluding hydrogens is 456 g/mol. The molecular formula is C21H46N10O4. The van der Waals surface area contributed by atoms with Gasteiger partial charge in [0.2, 0.25) is 23.6 Å². The van der Waals surface area contributed by atoms with Gasteiger partial charge in [0.05, 0.1) is 6.67 Å². The third kappa shape index (κ3) is 19.6. The largest absolute Gasteiger partial charge is 0.355 e. The zero-order chi connectivity index (χ0) is 26.3. The predicted molar refractivity (Wildman–Crippen MR) is 135 cm³/mol. The summed E-state index contributed by atoms with van der Waals surface area (Å²) < 4.78 is 0. The molecule has 35 heavy (non-hydrogen) atoms. The highest BCUT2D eigenvalue weighted by Crippen LogP contribution is 2.03. The summed E-state index contributed by atoms with van der Waals surface area (Å²) in [6.07, 6.45) is 0.914. The summed E-state index contributed by atoms with van der Waals surface area (Å²) in [6, 6.07) is 0. The smallest absolute Gasteiger partial charge is 0.221 e. The molecule has 0 aliphatic heterocycles. The number of nitrogens with one attached hydrogen (secondary N) is 4. The number of hydrogen-bond donors (Lipinski definition) is 8. The molecule has 204 valence electrons. The summed E-state index contributed by atoms with van der Waals surface area (Å²) in [7, 11) is 0. The van der Waals surface area contributed by atoms with E-state index < -0.39 is 0 Å².